The maximum absolute atomic E-state index is 10.8. The first-order valence-electron chi connectivity index (χ1n) is 5.60. The highest BCUT2D eigenvalue weighted by atomic mass is 32.2. The third-order valence-corrected chi connectivity index (χ3v) is 3.37. The molecule has 0 saturated heterocycles. The highest BCUT2D eigenvalue weighted by Crippen LogP contribution is 2.15. The van der Waals surface area contributed by atoms with Gasteiger partial charge in [0.1, 0.15) is 17.1 Å². The number of furan rings is 1. The van der Waals surface area contributed by atoms with Gasteiger partial charge in [0.15, 0.2) is 0 Å². The van der Waals surface area contributed by atoms with Crippen molar-refractivity contribution >= 4 is 17.7 Å². The van der Waals surface area contributed by atoms with Crippen molar-refractivity contribution in [1.82, 2.24) is 5.32 Å². The van der Waals surface area contributed by atoms with Crippen LogP contribution in [0.1, 0.15) is 28.8 Å². The Balaban J connectivity index is 2.49. The molecular weight excluding hydrogens is 254 g/mol. The summed E-state index contributed by atoms with van der Waals surface area (Å²) in [5, 5.41) is 21.9. The predicted octanol–water partition coefficient (Wildman–Crippen LogP) is 1.49. The maximum Gasteiger partial charge on any atom is 0.339 e. The lowest BCUT2D eigenvalue weighted by Gasteiger charge is -2.22. The Morgan fingerprint density at radius 3 is 2.78 bits per heavy atom. The Labute approximate surface area is 111 Å². The fraction of sp³-hybridized carbons (Fsp3) is 0.583. The molecule has 5 nitrogen and oxygen atoms in total. The van der Waals surface area contributed by atoms with Gasteiger partial charge in [-0.2, -0.15) is 11.8 Å². The van der Waals surface area contributed by atoms with Gasteiger partial charge in [-0.3, -0.25) is 0 Å². The number of carbonyl (C=O) groups is 1. The first kappa shape index (κ1) is 15.1. The standard InChI is InChI=1S/C12H19NO4S/c1-8-10(11(14)15)4-9(17-8)5-13-6-12(2,16)7-18-3/h4,13,16H,5-7H2,1-3H3,(H,14,15). The number of hydrogen-bond acceptors (Lipinski definition) is 5. The van der Waals surface area contributed by atoms with Crippen LogP contribution in [0.4, 0.5) is 0 Å². The second-order valence-corrected chi connectivity index (χ2v) is 5.39. The van der Waals surface area contributed by atoms with Crippen LogP contribution in [0.25, 0.3) is 0 Å². The quantitative estimate of drug-likeness (QED) is 0.698. The number of hydrogen-bond donors (Lipinski definition) is 3. The molecule has 0 amide bonds. The second-order valence-electron chi connectivity index (χ2n) is 4.52. The molecule has 102 valence electrons. The number of thioether (sulfide) groups is 1. The Morgan fingerprint density at radius 2 is 2.28 bits per heavy atom. The van der Waals surface area contributed by atoms with Crippen LogP contribution in [-0.2, 0) is 6.54 Å². The molecule has 1 rings (SSSR count). The summed E-state index contributed by atoms with van der Waals surface area (Å²) in [6, 6.07) is 1.51. The van der Waals surface area contributed by atoms with Crippen molar-refractivity contribution in [1.29, 1.82) is 0 Å². The predicted molar refractivity (Wildman–Crippen MR) is 71.1 cm³/mol. The number of aryl methyl sites for hydroxylation is 1. The summed E-state index contributed by atoms with van der Waals surface area (Å²) in [6.45, 7) is 4.21. The molecule has 18 heavy (non-hydrogen) atoms. The van der Waals surface area contributed by atoms with E-state index in [0.29, 0.717) is 30.4 Å². The number of aliphatic hydroxyl groups is 1. The zero-order valence-electron chi connectivity index (χ0n) is 10.8. The average Bonchev–Trinajstić information content (AvgIpc) is 2.59. The lowest BCUT2D eigenvalue weighted by Crippen LogP contribution is -2.39. The van der Waals surface area contributed by atoms with Crippen molar-refractivity contribution in [2.75, 3.05) is 18.6 Å². The average molecular weight is 273 g/mol. The first-order valence-corrected chi connectivity index (χ1v) is 7.00. The van der Waals surface area contributed by atoms with Gasteiger partial charge in [-0.1, -0.05) is 0 Å². The van der Waals surface area contributed by atoms with E-state index in [0.717, 1.165) is 0 Å². The van der Waals surface area contributed by atoms with Crippen LogP contribution in [0.2, 0.25) is 0 Å². The van der Waals surface area contributed by atoms with Gasteiger partial charge in [0.2, 0.25) is 0 Å². The van der Waals surface area contributed by atoms with Crippen molar-refractivity contribution in [3.63, 3.8) is 0 Å². The minimum Gasteiger partial charge on any atom is -0.478 e. The summed E-state index contributed by atoms with van der Waals surface area (Å²) in [4.78, 5) is 10.8. The van der Waals surface area contributed by atoms with Crippen LogP contribution < -0.4 is 5.32 Å². The molecule has 1 aromatic rings. The third kappa shape index (κ3) is 4.36. The summed E-state index contributed by atoms with van der Waals surface area (Å²) in [6.07, 6.45) is 1.93. The van der Waals surface area contributed by atoms with Crippen molar-refractivity contribution in [2.24, 2.45) is 0 Å². The fourth-order valence-corrected chi connectivity index (χ4v) is 2.38. The Morgan fingerprint density at radius 1 is 1.61 bits per heavy atom. The van der Waals surface area contributed by atoms with Gasteiger partial charge in [-0.25, -0.2) is 4.79 Å². The normalized spacial score (nSPS) is 14.4. The molecule has 0 radical (unpaired) electrons. The van der Waals surface area contributed by atoms with Crippen molar-refractivity contribution in [3.8, 4) is 0 Å². The van der Waals surface area contributed by atoms with E-state index in [1.165, 1.54) is 6.07 Å². The van der Waals surface area contributed by atoms with E-state index in [9.17, 15) is 9.90 Å². The van der Waals surface area contributed by atoms with E-state index in [1.807, 2.05) is 6.26 Å². The molecule has 0 aliphatic rings. The number of carboxylic acids is 1. The monoisotopic (exact) mass is 273 g/mol. The summed E-state index contributed by atoms with van der Waals surface area (Å²) < 4.78 is 5.32. The highest BCUT2D eigenvalue weighted by Gasteiger charge is 2.19. The molecule has 1 atom stereocenters. The largest absolute Gasteiger partial charge is 0.478 e. The zero-order chi connectivity index (χ0) is 13.8. The molecule has 3 N–H and O–H groups in total. The number of nitrogens with one attached hydrogen (secondary N) is 1. The molecule has 0 spiro atoms. The minimum atomic E-state index is -0.989. The Kier molecular flexibility index (Phi) is 5.25. The van der Waals surface area contributed by atoms with E-state index < -0.39 is 11.6 Å². The van der Waals surface area contributed by atoms with Gasteiger partial charge in [0.05, 0.1) is 12.1 Å². The summed E-state index contributed by atoms with van der Waals surface area (Å²) >= 11 is 1.57. The SMILES string of the molecule is CSCC(C)(O)CNCc1cc(C(=O)O)c(C)o1. The zero-order valence-corrected chi connectivity index (χ0v) is 11.6. The van der Waals surface area contributed by atoms with Crippen LogP contribution in [0.3, 0.4) is 0 Å². The molecule has 0 aliphatic heterocycles. The molecule has 1 aromatic heterocycles. The van der Waals surface area contributed by atoms with E-state index >= 15 is 0 Å². The lowest BCUT2D eigenvalue weighted by atomic mass is 10.1. The molecule has 0 saturated carbocycles. The molecule has 0 fully saturated rings. The molecular formula is C12H19NO4S. The van der Waals surface area contributed by atoms with Gasteiger partial charge in [0.25, 0.3) is 0 Å². The van der Waals surface area contributed by atoms with Crippen LogP contribution >= 0.6 is 11.8 Å². The van der Waals surface area contributed by atoms with Crippen molar-refractivity contribution < 1.29 is 19.4 Å². The van der Waals surface area contributed by atoms with E-state index in [1.54, 1.807) is 25.6 Å². The molecule has 6 heteroatoms. The smallest absolute Gasteiger partial charge is 0.339 e. The van der Waals surface area contributed by atoms with E-state index in [4.69, 9.17) is 9.52 Å². The van der Waals surface area contributed by atoms with Crippen LogP contribution in [0.15, 0.2) is 10.5 Å². The summed E-state index contributed by atoms with van der Waals surface area (Å²) in [5.74, 6) is 0.606. The summed E-state index contributed by atoms with van der Waals surface area (Å²) in [5.41, 5.74) is -0.598. The highest BCUT2D eigenvalue weighted by molar-refractivity contribution is 7.98. The number of carboxylic acid groups (broad SMARTS) is 1. The summed E-state index contributed by atoms with van der Waals surface area (Å²) in [7, 11) is 0. The van der Waals surface area contributed by atoms with Crippen LogP contribution in [0, 0.1) is 6.92 Å². The lowest BCUT2D eigenvalue weighted by molar-refractivity contribution is 0.0694. The number of aromatic carboxylic acids is 1. The molecule has 0 aliphatic carbocycles. The Hall–Kier alpha value is -0.980. The topological polar surface area (TPSA) is 82.7 Å². The van der Waals surface area contributed by atoms with Crippen LogP contribution in [0.5, 0.6) is 0 Å². The van der Waals surface area contributed by atoms with E-state index in [2.05, 4.69) is 5.32 Å². The van der Waals surface area contributed by atoms with Gasteiger partial charge < -0.3 is 19.9 Å². The molecule has 1 unspecified atom stereocenters. The van der Waals surface area contributed by atoms with Gasteiger partial charge in [-0.05, 0) is 26.2 Å². The second kappa shape index (κ2) is 6.26. The number of rotatable bonds is 7. The molecule has 0 bridgehead atoms. The van der Waals surface area contributed by atoms with Crippen molar-refractivity contribution in [3.05, 3.63) is 23.2 Å². The van der Waals surface area contributed by atoms with Gasteiger partial charge >= 0.3 is 5.97 Å². The maximum atomic E-state index is 10.8. The fourth-order valence-electron chi connectivity index (χ4n) is 1.66. The Bertz CT molecular complexity index is 414. The minimum absolute atomic E-state index is 0.183. The van der Waals surface area contributed by atoms with E-state index in [-0.39, 0.29) is 5.56 Å². The molecule has 1 heterocycles. The van der Waals surface area contributed by atoms with Crippen molar-refractivity contribution in [2.45, 2.75) is 26.0 Å². The molecule has 0 aromatic carbocycles. The van der Waals surface area contributed by atoms with Crippen LogP contribution in [-0.4, -0.2) is 40.3 Å². The van der Waals surface area contributed by atoms with Gasteiger partial charge in [-0.15, -0.1) is 0 Å². The first-order chi connectivity index (χ1) is 8.35. The van der Waals surface area contributed by atoms with Gasteiger partial charge in [0, 0.05) is 12.3 Å². The third-order valence-electron chi connectivity index (χ3n) is 2.46.